The summed E-state index contributed by atoms with van der Waals surface area (Å²) in [5.41, 5.74) is 6.32. The summed E-state index contributed by atoms with van der Waals surface area (Å²) in [6, 6.07) is 38.3. The molecule has 5 rings (SSSR count). The average molecular weight is 592 g/mol. The number of pyridine rings is 1. The van der Waals surface area contributed by atoms with E-state index in [1.807, 2.05) is 85.8 Å². The molecule has 3 nitrogen and oxygen atoms in total. The Morgan fingerprint density at radius 1 is 0.625 bits per heavy atom. The fourth-order valence-corrected chi connectivity index (χ4v) is 3.09. The van der Waals surface area contributed by atoms with Gasteiger partial charge >= 0.3 is 0 Å². The van der Waals surface area contributed by atoms with Crippen molar-refractivity contribution in [1.29, 1.82) is 0 Å². The third kappa shape index (κ3) is 6.27. The molecular formula is C28H21IrN3-2. The summed E-state index contributed by atoms with van der Waals surface area (Å²) < 4.78 is 0. The molecule has 0 amide bonds. The quantitative estimate of drug-likeness (QED) is 0.226. The average Bonchev–Trinajstić information content (AvgIpc) is 2.86. The third-order valence-corrected chi connectivity index (χ3v) is 4.59. The van der Waals surface area contributed by atoms with Crippen molar-refractivity contribution in [2.45, 2.75) is 6.92 Å². The van der Waals surface area contributed by atoms with Gasteiger partial charge in [0, 0.05) is 38.2 Å². The minimum atomic E-state index is 0. The van der Waals surface area contributed by atoms with Crippen molar-refractivity contribution in [2.75, 3.05) is 0 Å². The van der Waals surface area contributed by atoms with Crippen LogP contribution in [0, 0.1) is 19.1 Å². The van der Waals surface area contributed by atoms with Crippen LogP contribution in [0.3, 0.4) is 0 Å². The number of hydrogen-bond acceptors (Lipinski definition) is 3. The van der Waals surface area contributed by atoms with Crippen molar-refractivity contribution in [1.82, 2.24) is 15.0 Å². The number of aromatic nitrogens is 3. The zero-order chi connectivity index (χ0) is 21.3. The van der Waals surface area contributed by atoms with Gasteiger partial charge in [-0.15, -0.1) is 71.3 Å². The summed E-state index contributed by atoms with van der Waals surface area (Å²) in [5.74, 6) is 0.704. The summed E-state index contributed by atoms with van der Waals surface area (Å²) >= 11 is 0. The predicted octanol–water partition coefficient (Wildman–Crippen LogP) is 6.47. The molecule has 0 fully saturated rings. The van der Waals surface area contributed by atoms with Crippen LogP contribution in [0.1, 0.15) is 5.69 Å². The summed E-state index contributed by atoms with van der Waals surface area (Å²) in [6.45, 7) is 1.99. The predicted molar refractivity (Wildman–Crippen MR) is 125 cm³/mol. The minimum Gasteiger partial charge on any atom is -0.302 e. The molecule has 0 spiro atoms. The van der Waals surface area contributed by atoms with Crippen LogP contribution in [0.4, 0.5) is 0 Å². The molecule has 0 aliphatic carbocycles. The molecule has 0 aliphatic heterocycles. The Morgan fingerprint density at radius 3 is 2.09 bits per heavy atom. The van der Waals surface area contributed by atoms with Crippen LogP contribution in [0.5, 0.6) is 0 Å². The van der Waals surface area contributed by atoms with Gasteiger partial charge in [-0.3, -0.25) is 9.97 Å². The van der Waals surface area contributed by atoms with Crippen LogP contribution in [-0.4, -0.2) is 15.0 Å². The number of hydrogen-bond donors (Lipinski definition) is 0. The van der Waals surface area contributed by atoms with E-state index >= 15 is 0 Å². The van der Waals surface area contributed by atoms with Crippen molar-refractivity contribution in [3.05, 3.63) is 127 Å². The first-order valence-electron chi connectivity index (χ1n) is 10.0. The molecule has 3 aromatic carbocycles. The van der Waals surface area contributed by atoms with Crippen molar-refractivity contribution in [3.8, 4) is 33.8 Å². The van der Waals surface area contributed by atoms with Crippen LogP contribution >= 0.6 is 0 Å². The molecule has 0 N–H and O–H groups in total. The molecule has 2 heterocycles. The number of rotatable bonds is 3. The van der Waals surface area contributed by atoms with Crippen molar-refractivity contribution in [2.24, 2.45) is 0 Å². The standard InChI is InChI=1S/C16H11N2.C12H10N.Ir/c1-2-6-13(7-3-1)14-8-4-9-15(12-14)16-17-10-5-11-18-16;1-10-6-5-9-12(13-10)11-7-3-2-4-8-11;/h1-8,10-12H;2-7,9H,1H3;/q2*-1;. The molecule has 0 bridgehead atoms. The van der Waals surface area contributed by atoms with E-state index in [2.05, 4.69) is 45.3 Å². The van der Waals surface area contributed by atoms with Gasteiger partial charge in [-0.25, -0.2) is 0 Å². The molecule has 4 heteroatoms. The van der Waals surface area contributed by atoms with E-state index in [0.717, 1.165) is 28.1 Å². The first-order chi connectivity index (χ1) is 15.3. The van der Waals surface area contributed by atoms with Gasteiger partial charge in [-0.2, -0.15) is 0 Å². The van der Waals surface area contributed by atoms with Gasteiger partial charge in [-0.05, 0) is 30.3 Å². The fraction of sp³-hybridized carbons (Fsp3) is 0.0357. The SMILES string of the molecule is Cc1cccc(-c2[c-]cccc2)n1.[Ir].[c-]1ccc(-c2ccccc2)cc1-c1ncccn1. The molecule has 5 aromatic rings. The Hall–Kier alpha value is -3.46. The second-order valence-corrected chi connectivity index (χ2v) is 6.87. The summed E-state index contributed by atoms with van der Waals surface area (Å²) in [5, 5.41) is 0. The Bertz CT molecular complexity index is 1170. The van der Waals surface area contributed by atoms with E-state index in [-0.39, 0.29) is 20.1 Å². The van der Waals surface area contributed by atoms with E-state index in [1.54, 1.807) is 12.4 Å². The third-order valence-electron chi connectivity index (χ3n) is 4.59. The van der Waals surface area contributed by atoms with E-state index < -0.39 is 0 Å². The van der Waals surface area contributed by atoms with E-state index in [0.29, 0.717) is 5.82 Å². The molecule has 1 radical (unpaired) electrons. The van der Waals surface area contributed by atoms with Crippen LogP contribution in [0.15, 0.2) is 109 Å². The second-order valence-electron chi connectivity index (χ2n) is 6.87. The topological polar surface area (TPSA) is 38.7 Å². The monoisotopic (exact) mass is 592 g/mol. The van der Waals surface area contributed by atoms with E-state index in [4.69, 9.17) is 0 Å². The Morgan fingerprint density at radius 2 is 1.38 bits per heavy atom. The van der Waals surface area contributed by atoms with Gasteiger partial charge in [0.15, 0.2) is 0 Å². The van der Waals surface area contributed by atoms with Crippen molar-refractivity contribution >= 4 is 0 Å². The molecule has 159 valence electrons. The summed E-state index contributed by atoms with van der Waals surface area (Å²) in [7, 11) is 0. The molecule has 0 unspecified atom stereocenters. The number of nitrogens with zero attached hydrogens (tertiary/aromatic N) is 3. The smallest absolute Gasteiger partial charge is 0.0748 e. The van der Waals surface area contributed by atoms with Crippen LogP contribution < -0.4 is 0 Å². The van der Waals surface area contributed by atoms with E-state index in [9.17, 15) is 0 Å². The van der Waals surface area contributed by atoms with Crippen molar-refractivity contribution in [3.63, 3.8) is 0 Å². The first kappa shape index (κ1) is 23.2. The number of benzene rings is 3. The molecule has 0 atom stereocenters. The molecule has 2 aromatic heterocycles. The molecule has 0 saturated carbocycles. The normalized spacial score (nSPS) is 9.78. The maximum Gasteiger partial charge on any atom is 0.0748 e. The van der Waals surface area contributed by atoms with Gasteiger partial charge in [0.1, 0.15) is 0 Å². The molecule has 32 heavy (non-hydrogen) atoms. The van der Waals surface area contributed by atoms with E-state index in [1.165, 1.54) is 5.56 Å². The van der Waals surface area contributed by atoms with Crippen LogP contribution in [0.2, 0.25) is 0 Å². The molecule has 0 saturated heterocycles. The fourth-order valence-electron chi connectivity index (χ4n) is 3.09. The van der Waals surface area contributed by atoms with Crippen LogP contribution in [0.25, 0.3) is 33.8 Å². The Kier molecular flexibility index (Phi) is 8.56. The van der Waals surface area contributed by atoms with Gasteiger partial charge in [0.25, 0.3) is 0 Å². The zero-order valence-corrected chi connectivity index (χ0v) is 20.0. The summed E-state index contributed by atoms with van der Waals surface area (Å²) in [4.78, 5) is 12.9. The summed E-state index contributed by atoms with van der Waals surface area (Å²) in [6.07, 6.45) is 3.48. The first-order valence-corrected chi connectivity index (χ1v) is 10.0. The largest absolute Gasteiger partial charge is 0.302 e. The van der Waals surface area contributed by atoms with Crippen molar-refractivity contribution < 1.29 is 20.1 Å². The van der Waals surface area contributed by atoms with Gasteiger partial charge in [0.2, 0.25) is 0 Å². The second kappa shape index (κ2) is 11.8. The zero-order valence-electron chi connectivity index (χ0n) is 17.6. The number of aryl methyl sites for hydroxylation is 1. The minimum absolute atomic E-state index is 0. The van der Waals surface area contributed by atoms with Crippen LogP contribution in [-0.2, 0) is 20.1 Å². The molecule has 0 aliphatic rings. The Balaban J connectivity index is 0.000000184. The van der Waals surface area contributed by atoms with Gasteiger partial charge in [0.05, 0.1) is 5.82 Å². The van der Waals surface area contributed by atoms with Gasteiger partial charge < -0.3 is 4.98 Å². The van der Waals surface area contributed by atoms with Gasteiger partial charge in [-0.1, -0.05) is 42.5 Å². The maximum absolute atomic E-state index is 4.41. The maximum atomic E-state index is 4.41. The Labute approximate surface area is 202 Å². The molecular weight excluding hydrogens is 571 g/mol.